The van der Waals surface area contributed by atoms with E-state index in [1.165, 1.54) is 6.07 Å². The molecule has 2 N–H and O–H groups in total. The molecule has 0 saturated carbocycles. The van der Waals surface area contributed by atoms with E-state index in [9.17, 15) is 18.0 Å². The molecule has 3 rings (SSSR count). The maximum absolute atomic E-state index is 13.1. The Morgan fingerprint density at radius 1 is 1.07 bits per heavy atom. The lowest BCUT2D eigenvalue weighted by Gasteiger charge is -2.23. The lowest BCUT2D eigenvalue weighted by Crippen LogP contribution is -2.34. The van der Waals surface area contributed by atoms with E-state index in [0.717, 1.165) is 43.6 Å². The van der Waals surface area contributed by atoms with Gasteiger partial charge in [-0.3, -0.25) is 10.1 Å². The van der Waals surface area contributed by atoms with Gasteiger partial charge in [0.15, 0.2) is 5.11 Å². The average molecular weight is 407 g/mol. The summed E-state index contributed by atoms with van der Waals surface area (Å²) in [5.74, 6) is -0.424. The van der Waals surface area contributed by atoms with Crippen LogP contribution in [0.5, 0.6) is 0 Å². The van der Waals surface area contributed by atoms with Gasteiger partial charge in [-0.05, 0) is 62.3 Å². The molecule has 1 aliphatic rings. The van der Waals surface area contributed by atoms with E-state index >= 15 is 0 Å². The fourth-order valence-electron chi connectivity index (χ4n) is 3.08. The van der Waals surface area contributed by atoms with Crippen LogP contribution in [-0.2, 0) is 6.18 Å². The minimum absolute atomic E-state index is 0.0506. The lowest BCUT2D eigenvalue weighted by atomic mass is 10.1. The number of nitrogens with one attached hydrogen (secondary N) is 2. The molecule has 2 aromatic rings. The van der Waals surface area contributed by atoms with Gasteiger partial charge in [0.1, 0.15) is 0 Å². The smallest absolute Gasteiger partial charge is 0.370 e. The molecule has 8 heteroatoms. The third kappa shape index (κ3) is 4.81. The zero-order valence-electron chi connectivity index (χ0n) is 15.3. The van der Waals surface area contributed by atoms with Gasteiger partial charge in [-0.2, -0.15) is 13.2 Å². The number of carbonyl (C=O) groups excluding carboxylic acids is 1. The Morgan fingerprint density at radius 3 is 2.32 bits per heavy atom. The molecule has 0 unspecified atom stereocenters. The van der Waals surface area contributed by atoms with Gasteiger partial charge in [0, 0.05) is 18.7 Å². The van der Waals surface area contributed by atoms with Gasteiger partial charge >= 0.3 is 6.18 Å². The Hall–Kier alpha value is -2.61. The van der Waals surface area contributed by atoms with Crippen LogP contribution in [0.3, 0.4) is 0 Å². The van der Waals surface area contributed by atoms with E-state index in [1.54, 1.807) is 24.3 Å². The normalized spacial score (nSPS) is 14.1. The molecular formula is C20H20F3N3OS. The van der Waals surface area contributed by atoms with Crippen LogP contribution in [0, 0.1) is 6.92 Å². The van der Waals surface area contributed by atoms with E-state index < -0.39 is 17.6 Å². The first-order valence-corrected chi connectivity index (χ1v) is 9.30. The summed E-state index contributed by atoms with van der Waals surface area (Å²) in [6.45, 7) is 3.44. The fraction of sp³-hybridized carbons (Fsp3) is 0.300. The molecule has 0 aliphatic carbocycles. The Balaban J connectivity index is 1.79. The molecule has 148 valence electrons. The summed E-state index contributed by atoms with van der Waals surface area (Å²) in [6.07, 6.45) is -2.50. The second-order valence-electron chi connectivity index (χ2n) is 6.70. The number of hydrogen-bond donors (Lipinski definition) is 2. The van der Waals surface area contributed by atoms with Gasteiger partial charge in [0.2, 0.25) is 0 Å². The molecule has 0 aromatic heterocycles. The number of alkyl halides is 3. The van der Waals surface area contributed by atoms with Crippen molar-refractivity contribution in [2.75, 3.05) is 23.3 Å². The van der Waals surface area contributed by atoms with Crippen LogP contribution < -0.4 is 15.5 Å². The van der Waals surface area contributed by atoms with Crippen molar-refractivity contribution in [3.05, 3.63) is 59.2 Å². The van der Waals surface area contributed by atoms with Crippen molar-refractivity contribution in [2.24, 2.45) is 0 Å². The number of halogens is 3. The van der Waals surface area contributed by atoms with Crippen molar-refractivity contribution in [2.45, 2.75) is 25.9 Å². The van der Waals surface area contributed by atoms with Gasteiger partial charge in [-0.1, -0.05) is 17.7 Å². The van der Waals surface area contributed by atoms with Gasteiger partial charge in [-0.15, -0.1) is 0 Å². The molecule has 1 aliphatic heterocycles. The lowest BCUT2D eigenvalue weighted by molar-refractivity contribution is -0.137. The maximum atomic E-state index is 13.1. The van der Waals surface area contributed by atoms with Gasteiger partial charge in [0.05, 0.1) is 16.9 Å². The first kappa shape index (κ1) is 20.1. The molecule has 1 fully saturated rings. The van der Waals surface area contributed by atoms with Crippen molar-refractivity contribution >= 4 is 34.6 Å². The van der Waals surface area contributed by atoms with E-state index in [2.05, 4.69) is 10.6 Å². The molecule has 0 bridgehead atoms. The van der Waals surface area contributed by atoms with E-state index in [1.807, 2.05) is 11.8 Å². The highest BCUT2D eigenvalue weighted by Crippen LogP contribution is 2.36. The van der Waals surface area contributed by atoms with Gasteiger partial charge in [-0.25, -0.2) is 0 Å². The Labute approximate surface area is 166 Å². The second-order valence-corrected chi connectivity index (χ2v) is 7.11. The van der Waals surface area contributed by atoms with Crippen LogP contribution in [-0.4, -0.2) is 24.1 Å². The van der Waals surface area contributed by atoms with Crippen LogP contribution in [0.1, 0.15) is 34.3 Å². The highest BCUT2D eigenvalue weighted by Gasteiger charge is 2.32. The van der Waals surface area contributed by atoms with E-state index in [4.69, 9.17) is 12.2 Å². The number of anilines is 2. The summed E-state index contributed by atoms with van der Waals surface area (Å²) < 4.78 is 39.4. The molecular weight excluding hydrogens is 387 g/mol. The van der Waals surface area contributed by atoms with Crippen molar-refractivity contribution in [1.82, 2.24) is 5.32 Å². The first-order valence-electron chi connectivity index (χ1n) is 8.89. The molecule has 4 nitrogen and oxygen atoms in total. The summed E-state index contributed by atoms with van der Waals surface area (Å²) in [6, 6.07) is 10.4. The van der Waals surface area contributed by atoms with Crippen LogP contribution >= 0.6 is 12.2 Å². The van der Waals surface area contributed by atoms with Crippen LogP contribution in [0.4, 0.5) is 24.5 Å². The van der Waals surface area contributed by atoms with Crippen LogP contribution in [0.25, 0.3) is 0 Å². The molecule has 28 heavy (non-hydrogen) atoms. The number of benzene rings is 2. The molecule has 0 spiro atoms. The molecule has 1 saturated heterocycles. The Kier molecular flexibility index (Phi) is 5.88. The van der Waals surface area contributed by atoms with Crippen LogP contribution in [0.2, 0.25) is 0 Å². The number of aryl methyl sites for hydroxylation is 1. The maximum Gasteiger partial charge on any atom is 0.416 e. The molecule has 0 radical (unpaired) electrons. The molecule has 0 atom stereocenters. The predicted octanol–water partition coefficient (Wildman–Crippen LogP) is 4.74. The minimum Gasteiger partial charge on any atom is -0.370 e. The molecule has 1 heterocycles. The SMILES string of the molecule is Cc1ccc(C(=O)NC(=S)Nc2cc(C(F)(F)F)ccc2N2CCCC2)cc1. The van der Waals surface area contributed by atoms with E-state index in [0.29, 0.717) is 11.3 Å². The van der Waals surface area contributed by atoms with Crippen LogP contribution in [0.15, 0.2) is 42.5 Å². The van der Waals surface area contributed by atoms with Crippen molar-refractivity contribution < 1.29 is 18.0 Å². The Morgan fingerprint density at radius 2 is 1.71 bits per heavy atom. The summed E-state index contributed by atoms with van der Waals surface area (Å²) >= 11 is 5.17. The summed E-state index contributed by atoms with van der Waals surface area (Å²) in [4.78, 5) is 14.3. The average Bonchev–Trinajstić information content (AvgIpc) is 3.15. The molecule has 2 aromatic carbocycles. The number of thiocarbonyl (C=S) groups is 1. The topological polar surface area (TPSA) is 44.4 Å². The standard InChI is InChI=1S/C20H20F3N3OS/c1-13-4-6-14(7-5-13)18(27)25-19(28)24-16-12-15(20(21,22)23)8-9-17(16)26-10-2-3-11-26/h4-9,12H,2-3,10-11H2,1H3,(H2,24,25,27,28). The van der Waals surface area contributed by atoms with Gasteiger partial charge in [0.25, 0.3) is 5.91 Å². The highest BCUT2D eigenvalue weighted by atomic mass is 32.1. The Bertz CT molecular complexity index is 875. The number of amides is 1. The summed E-state index contributed by atoms with van der Waals surface area (Å²) in [7, 11) is 0. The van der Waals surface area contributed by atoms with Crippen molar-refractivity contribution in [3.63, 3.8) is 0 Å². The fourth-order valence-corrected chi connectivity index (χ4v) is 3.28. The number of rotatable bonds is 3. The quantitative estimate of drug-likeness (QED) is 0.722. The largest absolute Gasteiger partial charge is 0.416 e. The third-order valence-corrected chi connectivity index (χ3v) is 4.76. The number of carbonyl (C=O) groups is 1. The zero-order chi connectivity index (χ0) is 20.3. The molecule has 1 amide bonds. The van der Waals surface area contributed by atoms with Gasteiger partial charge < -0.3 is 10.2 Å². The summed E-state index contributed by atoms with van der Waals surface area (Å²) in [5.41, 5.74) is 1.52. The predicted molar refractivity (Wildman–Crippen MR) is 108 cm³/mol. The number of nitrogens with zero attached hydrogens (tertiary/aromatic N) is 1. The number of hydrogen-bond acceptors (Lipinski definition) is 3. The second kappa shape index (κ2) is 8.18. The first-order chi connectivity index (χ1) is 13.2. The summed E-state index contributed by atoms with van der Waals surface area (Å²) in [5, 5.41) is 5.24. The zero-order valence-corrected chi connectivity index (χ0v) is 16.1. The minimum atomic E-state index is -4.47. The third-order valence-electron chi connectivity index (χ3n) is 4.56. The van der Waals surface area contributed by atoms with Crippen molar-refractivity contribution in [1.29, 1.82) is 0 Å². The monoisotopic (exact) mass is 407 g/mol. The highest BCUT2D eigenvalue weighted by molar-refractivity contribution is 7.80. The van der Waals surface area contributed by atoms with Crippen molar-refractivity contribution in [3.8, 4) is 0 Å². The van der Waals surface area contributed by atoms with E-state index in [-0.39, 0.29) is 10.8 Å².